The van der Waals surface area contributed by atoms with Gasteiger partial charge in [-0.1, -0.05) is 60.7 Å². The van der Waals surface area contributed by atoms with Crippen molar-refractivity contribution in [3.63, 3.8) is 0 Å². The van der Waals surface area contributed by atoms with Gasteiger partial charge in [0, 0.05) is 45.7 Å². The summed E-state index contributed by atoms with van der Waals surface area (Å²) in [7, 11) is 0. The molecule has 0 unspecified atom stereocenters. The molecule has 2 aromatic rings. The number of benzene rings is 2. The molecule has 1 atom stereocenters. The number of carbonyl (C=O) groups excluding carboxylic acids is 1. The summed E-state index contributed by atoms with van der Waals surface area (Å²) < 4.78 is 0. The lowest BCUT2D eigenvalue weighted by atomic mass is 10.1. The number of carbonyl (C=O) groups is 6. The molecule has 0 aromatic heterocycles. The van der Waals surface area contributed by atoms with Gasteiger partial charge in [0.15, 0.2) is 0 Å². The first-order valence-corrected chi connectivity index (χ1v) is 14.5. The molecule has 0 aliphatic rings. The third-order valence-electron chi connectivity index (χ3n) is 6.99. The fourth-order valence-electron chi connectivity index (χ4n) is 4.88. The number of nitrogens with zero attached hydrogens (tertiary/aromatic N) is 4. The first-order chi connectivity index (χ1) is 21.8. The molecule has 15 nitrogen and oxygen atoms in total. The predicted molar refractivity (Wildman–Crippen MR) is 163 cm³/mol. The van der Waals surface area contributed by atoms with Gasteiger partial charge in [0.05, 0.1) is 26.2 Å². The average Bonchev–Trinajstić information content (AvgIpc) is 2.97. The fourth-order valence-corrected chi connectivity index (χ4v) is 4.88. The molecule has 0 saturated carbocycles. The number of rotatable bonds is 23. The summed E-state index contributed by atoms with van der Waals surface area (Å²) in [5.41, 5.74) is 1.74. The zero-order valence-electron chi connectivity index (χ0n) is 25.3. The van der Waals surface area contributed by atoms with E-state index in [4.69, 9.17) is 0 Å². The Bertz CT molecular complexity index is 1200. The van der Waals surface area contributed by atoms with Crippen molar-refractivity contribution in [2.24, 2.45) is 0 Å². The van der Waals surface area contributed by atoms with Crippen molar-refractivity contribution in [1.82, 2.24) is 19.6 Å². The normalized spacial score (nSPS) is 11.8. The SMILES string of the molecule is O=C(O)CN(CCN(CCN(CC(=O)O)CC(=O)O)[C@@H](CCC(=O)N(Cc1ccccc1)Cc1ccccc1)C(=O)O)CC(=O)O. The second-order valence-corrected chi connectivity index (χ2v) is 10.6. The van der Waals surface area contributed by atoms with Crippen molar-refractivity contribution in [3.05, 3.63) is 71.8 Å². The summed E-state index contributed by atoms with van der Waals surface area (Å²) in [5.74, 6) is -6.80. The summed E-state index contributed by atoms with van der Waals surface area (Å²) in [6.07, 6.45) is -0.362. The molecule has 0 radical (unpaired) electrons. The van der Waals surface area contributed by atoms with Crippen LogP contribution in [0.2, 0.25) is 0 Å². The Morgan fingerprint density at radius 2 is 0.913 bits per heavy atom. The topological polar surface area (TPSA) is 217 Å². The van der Waals surface area contributed by atoms with E-state index in [1.54, 1.807) is 4.90 Å². The Morgan fingerprint density at radius 1 is 0.543 bits per heavy atom. The van der Waals surface area contributed by atoms with Gasteiger partial charge in [0.1, 0.15) is 6.04 Å². The van der Waals surface area contributed by atoms with Gasteiger partial charge in [0.25, 0.3) is 0 Å². The molecule has 2 aromatic carbocycles. The first-order valence-electron chi connectivity index (χ1n) is 14.5. The maximum absolute atomic E-state index is 13.6. The Morgan fingerprint density at radius 3 is 1.24 bits per heavy atom. The number of hydrogen-bond donors (Lipinski definition) is 5. The Balaban J connectivity index is 2.28. The van der Waals surface area contributed by atoms with Crippen molar-refractivity contribution in [3.8, 4) is 0 Å². The van der Waals surface area contributed by atoms with Crippen molar-refractivity contribution >= 4 is 35.8 Å². The zero-order valence-corrected chi connectivity index (χ0v) is 25.3. The third kappa shape index (κ3) is 14.7. The molecule has 0 bridgehead atoms. The van der Waals surface area contributed by atoms with Gasteiger partial charge in [-0.2, -0.15) is 0 Å². The van der Waals surface area contributed by atoms with Crippen LogP contribution in [0.1, 0.15) is 24.0 Å². The summed E-state index contributed by atoms with van der Waals surface area (Å²) >= 11 is 0. The predicted octanol–water partition coefficient (Wildman–Crippen LogP) is 0.693. The molecular formula is C31H40N4O11. The van der Waals surface area contributed by atoms with E-state index in [1.165, 1.54) is 4.90 Å². The van der Waals surface area contributed by atoms with Gasteiger partial charge < -0.3 is 30.4 Å². The highest BCUT2D eigenvalue weighted by molar-refractivity contribution is 5.79. The minimum absolute atomic E-state index is 0.155. The van der Waals surface area contributed by atoms with Crippen LogP contribution >= 0.6 is 0 Å². The van der Waals surface area contributed by atoms with Crippen LogP contribution < -0.4 is 0 Å². The third-order valence-corrected chi connectivity index (χ3v) is 6.99. The van der Waals surface area contributed by atoms with Gasteiger partial charge in [-0.05, 0) is 17.5 Å². The van der Waals surface area contributed by atoms with Crippen molar-refractivity contribution in [2.75, 3.05) is 52.4 Å². The Hall–Kier alpha value is -4.86. The number of carboxylic acids is 5. The van der Waals surface area contributed by atoms with Gasteiger partial charge in [0.2, 0.25) is 5.91 Å². The van der Waals surface area contributed by atoms with Crippen LogP contribution in [0, 0.1) is 0 Å². The van der Waals surface area contributed by atoms with E-state index < -0.39 is 62.1 Å². The second kappa shape index (κ2) is 19.5. The lowest BCUT2D eigenvalue weighted by molar-refractivity contribution is -0.147. The molecule has 0 saturated heterocycles. The van der Waals surface area contributed by atoms with Crippen molar-refractivity contribution in [2.45, 2.75) is 32.0 Å². The largest absolute Gasteiger partial charge is 0.480 e. The monoisotopic (exact) mass is 644 g/mol. The molecule has 15 heteroatoms. The second-order valence-electron chi connectivity index (χ2n) is 10.6. The summed E-state index contributed by atoms with van der Waals surface area (Å²) in [5, 5.41) is 47.0. The molecule has 0 heterocycles. The highest BCUT2D eigenvalue weighted by Gasteiger charge is 2.29. The number of aliphatic carboxylic acids is 5. The van der Waals surface area contributed by atoms with Crippen LogP contribution in [0.25, 0.3) is 0 Å². The van der Waals surface area contributed by atoms with Crippen LogP contribution in [0.15, 0.2) is 60.7 Å². The van der Waals surface area contributed by atoms with E-state index in [2.05, 4.69) is 0 Å². The van der Waals surface area contributed by atoms with Gasteiger partial charge in [-0.3, -0.25) is 43.5 Å². The highest BCUT2D eigenvalue weighted by Crippen LogP contribution is 2.16. The zero-order chi connectivity index (χ0) is 34.1. The lowest BCUT2D eigenvalue weighted by Crippen LogP contribution is -2.50. The van der Waals surface area contributed by atoms with Crippen molar-refractivity contribution < 1.29 is 54.3 Å². The van der Waals surface area contributed by atoms with Gasteiger partial charge in [-0.15, -0.1) is 0 Å². The molecule has 0 aliphatic carbocycles. The fraction of sp³-hybridized carbons (Fsp3) is 0.419. The molecule has 2 rings (SSSR count). The summed E-state index contributed by atoms with van der Waals surface area (Å²) in [4.78, 5) is 76.5. The van der Waals surface area contributed by atoms with Crippen LogP contribution in [0.5, 0.6) is 0 Å². The smallest absolute Gasteiger partial charge is 0.320 e. The van der Waals surface area contributed by atoms with E-state index in [9.17, 15) is 54.3 Å². The Labute approximate surface area is 265 Å². The van der Waals surface area contributed by atoms with Crippen LogP contribution in [-0.2, 0) is 41.9 Å². The Kier molecular flexibility index (Phi) is 15.8. The summed E-state index contributed by atoms with van der Waals surface area (Å²) in [6, 6.07) is 17.2. The minimum atomic E-state index is -1.31. The maximum Gasteiger partial charge on any atom is 0.320 e. The first kappa shape index (κ1) is 37.3. The summed E-state index contributed by atoms with van der Waals surface area (Å²) in [6.45, 7) is -2.64. The highest BCUT2D eigenvalue weighted by atomic mass is 16.4. The molecule has 250 valence electrons. The number of hydrogen-bond acceptors (Lipinski definition) is 9. The molecular weight excluding hydrogens is 604 g/mol. The van der Waals surface area contributed by atoms with Gasteiger partial charge >= 0.3 is 29.8 Å². The lowest BCUT2D eigenvalue weighted by Gasteiger charge is -2.33. The quantitative estimate of drug-likeness (QED) is 0.113. The minimum Gasteiger partial charge on any atom is -0.480 e. The number of carboxylic acid groups (broad SMARTS) is 5. The van der Waals surface area contributed by atoms with E-state index in [0.717, 1.165) is 20.9 Å². The van der Waals surface area contributed by atoms with Crippen LogP contribution in [0.4, 0.5) is 0 Å². The van der Waals surface area contributed by atoms with Crippen molar-refractivity contribution in [1.29, 1.82) is 0 Å². The van der Waals surface area contributed by atoms with E-state index >= 15 is 0 Å². The maximum atomic E-state index is 13.6. The van der Waals surface area contributed by atoms with Crippen LogP contribution in [-0.4, -0.2) is 139 Å². The van der Waals surface area contributed by atoms with E-state index in [-0.39, 0.29) is 58.0 Å². The van der Waals surface area contributed by atoms with Gasteiger partial charge in [-0.25, -0.2) is 0 Å². The van der Waals surface area contributed by atoms with E-state index in [1.807, 2.05) is 60.7 Å². The molecule has 46 heavy (non-hydrogen) atoms. The molecule has 0 fully saturated rings. The molecule has 1 amide bonds. The van der Waals surface area contributed by atoms with E-state index in [0.29, 0.717) is 0 Å². The average molecular weight is 645 g/mol. The van der Waals surface area contributed by atoms with Crippen LogP contribution in [0.3, 0.4) is 0 Å². The molecule has 5 N–H and O–H groups in total. The number of amides is 1. The molecule has 0 aliphatic heterocycles. The molecule has 0 spiro atoms. The standard InChI is InChI=1S/C31H40N4O11/c36-26(35(17-23-7-3-1-4-8-23)18-24-9-5-2-6-10-24)12-11-25(31(45)46)34(15-13-32(19-27(37)38)20-28(39)40)16-14-33(21-29(41)42)22-30(43)44/h1-10,25H,11-22H2,(H,37,38)(H,39,40)(H,41,42)(H,43,44)(H,45,46)/t25-/m0/s1.